The molecule has 10 heteroatoms. The molecule has 4 rings (SSSR count). The van der Waals surface area contributed by atoms with Crippen molar-refractivity contribution >= 4 is 27.5 Å². The van der Waals surface area contributed by atoms with Gasteiger partial charge in [0.1, 0.15) is 17.6 Å². The number of aryl methyl sites for hydroxylation is 1. The number of anilines is 1. The highest BCUT2D eigenvalue weighted by Crippen LogP contribution is 2.36. The molecule has 2 heterocycles. The maximum absolute atomic E-state index is 13.4. The molecule has 0 bridgehead atoms. The summed E-state index contributed by atoms with van der Waals surface area (Å²) >= 11 is 0. The van der Waals surface area contributed by atoms with E-state index in [4.69, 9.17) is 4.74 Å². The van der Waals surface area contributed by atoms with Gasteiger partial charge in [-0.3, -0.25) is 9.59 Å². The lowest BCUT2D eigenvalue weighted by atomic mass is 10.2. The van der Waals surface area contributed by atoms with Crippen LogP contribution in [0.1, 0.15) is 24.0 Å². The van der Waals surface area contributed by atoms with Gasteiger partial charge in [0.05, 0.1) is 10.6 Å². The summed E-state index contributed by atoms with van der Waals surface area (Å²) in [5.74, 6) is -0.795. The molecule has 2 aromatic rings. The maximum Gasteiger partial charge on any atom is 0.262 e. The van der Waals surface area contributed by atoms with Gasteiger partial charge in [-0.1, -0.05) is 12.1 Å². The van der Waals surface area contributed by atoms with Crippen LogP contribution in [-0.2, 0) is 26.2 Å². The molecule has 1 atom stereocenters. The van der Waals surface area contributed by atoms with Gasteiger partial charge in [-0.15, -0.1) is 0 Å². The number of benzene rings is 2. The van der Waals surface area contributed by atoms with Crippen LogP contribution in [0, 0.1) is 12.7 Å². The minimum Gasteiger partial charge on any atom is -0.482 e. The number of carbonyl (C=O) groups excluding carboxylic acids is 2. The van der Waals surface area contributed by atoms with Gasteiger partial charge in [0.15, 0.2) is 6.61 Å². The Morgan fingerprint density at radius 3 is 2.77 bits per heavy atom. The molecule has 0 aromatic heterocycles. The second-order valence-corrected chi connectivity index (χ2v) is 9.43. The fourth-order valence-electron chi connectivity index (χ4n) is 3.82. The molecule has 2 amide bonds. The quantitative estimate of drug-likeness (QED) is 0.729. The lowest BCUT2D eigenvalue weighted by Crippen LogP contribution is -2.45. The van der Waals surface area contributed by atoms with Gasteiger partial charge in [0.25, 0.3) is 5.91 Å². The number of ether oxygens (including phenoxy) is 1. The summed E-state index contributed by atoms with van der Waals surface area (Å²) in [7, 11) is -3.97. The molecule has 0 radical (unpaired) electrons. The standard InChI is InChI=1S/C21H22FN3O5S/c1-13-9-16-18(30-12-20(26)24-16)10-19(13)31(28,29)25-8-2-3-17(25)21(27)23-11-14-4-6-15(22)7-5-14/h4-7,9-10,17H,2-3,8,11-12H2,1H3,(H,23,27)(H,24,26)/t17-/m1/s1. The van der Waals surface area contributed by atoms with Crippen molar-refractivity contribution in [2.24, 2.45) is 0 Å². The fourth-order valence-corrected chi connectivity index (χ4v) is 5.70. The van der Waals surface area contributed by atoms with Gasteiger partial charge >= 0.3 is 0 Å². The molecule has 0 unspecified atom stereocenters. The molecule has 1 fully saturated rings. The Hall–Kier alpha value is -2.98. The van der Waals surface area contributed by atoms with Crippen LogP contribution in [0.25, 0.3) is 0 Å². The second-order valence-electron chi connectivity index (χ2n) is 7.57. The van der Waals surface area contributed by atoms with E-state index in [-0.39, 0.29) is 42.1 Å². The summed E-state index contributed by atoms with van der Waals surface area (Å²) < 4.78 is 46.4. The number of sulfonamides is 1. The van der Waals surface area contributed by atoms with Gasteiger partial charge in [-0.2, -0.15) is 4.31 Å². The van der Waals surface area contributed by atoms with Gasteiger partial charge in [0.2, 0.25) is 15.9 Å². The predicted molar refractivity (Wildman–Crippen MR) is 110 cm³/mol. The van der Waals surface area contributed by atoms with Crippen molar-refractivity contribution in [3.63, 3.8) is 0 Å². The molecule has 0 spiro atoms. The Labute approximate surface area is 179 Å². The molecule has 31 heavy (non-hydrogen) atoms. The van der Waals surface area contributed by atoms with E-state index in [0.29, 0.717) is 29.7 Å². The Balaban J connectivity index is 1.54. The van der Waals surface area contributed by atoms with Gasteiger partial charge < -0.3 is 15.4 Å². The zero-order valence-corrected chi connectivity index (χ0v) is 17.7. The monoisotopic (exact) mass is 447 g/mol. The van der Waals surface area contributed by atoms with Crippen LogP contribution in [0.15, 0.2) is 41.3 Å². The average molecular weight is 447 g/mol. The normalized spacial score (nSPS) is 18.8. The summed E-state index contributed by atoms with van der Waals surface area (Å²) in [5, 5.41) is 5.40. The van der Waals surface area contributed by atoms with Crippen molar-refractivity contribution < 1.29 is 27.1 Å². The number of hydrogen-bond acceptors (Lipinski definition) is 5. The minimum absolute atomic E-state index is 0.0423. The third kappa shape index (κ3) is 4.26. The van der Waals surface area contributed by atoms with Crippen LogP contribution in [0.4, 0.5) is 10.1 Å². The van der Waals surface area contributed by atoms with Crippen molar-refractivity contribution in [2.75, 3.05) is 18.5 Å². The molecule has 2 aromatic carbocycles. The van der Waals surface area contributed by atoms with Crippen molar-refractivity contribution in [3.05, 3.63) is 53.3 Å². The van der Waals surface area contributed by atoms with E-state index in [1.807, 2.05) is 0 Å². The minimum atomic E-state index is -3.97. The summed E-state index contributed by atoms with van der Waals surface area (Å²) in [5.41, 5.74) is 1.58. The van der Waals surface area contributed by atoms with E-state index in [9.17, 15) is 22.4 Å². The summed E-state index contributed by atoms with van der Waals surface area (Å²) in [6.07, 6.45) is 0.968. The SMILES string of the molecule is Cc1cc2c(cc1S(=O)(=O)N1CCC[C@@H]1C(=O)NCc1ccc(F)cc1)OCC(=O)N2. The number of halogens is 1. The summed E-state index contributed by atoms with van der Waals surface area (Å²) in [4.78, 5) is 24.3. The number of rotatable bonds is 5. The number of nitrogens with zero attached hydrogens (tertiary/aromatic N) is 1. The first-order chi connectivity index (χ1) is 14.8. The van der Waals surface area contributed by atoms with Crippen LogP contribution >= 0.6 is 0 Å². The summed E-state index contributed by atoms with van der Waals surface area (Å²) in [6.45, 7) is 1.85. The van der Waals surface area contributed by atoms with Crippen LogP contribution in [0.5, 0.6) is 5.75 Å². The zero-order valence-electron chi connectivity index (χ0n) is 16.9. The number of amides is 2. The number of carbonyl (C=O) groups is 2. The van der Waals surface area contributed by atoms with Crippen LogP contribution < -0.4 is 15.4 Å². The molecule has 2 N–H and O–H groups in total. The molecule has 0 saturated carbocycles. The first-order valence-corrected chi connectivity index (χ1v) is 11.3. The smallest absolute Gasteiger partial charge is 0.262 e. The van der Waals surface area contributed by atoms with E-state index >= 15 is 0 Å². The lowest BCUT2D eigenvalue weighted by molar-refractivity contribution is -0.124. The molecular formula is C21H22FN3O5S. The highest BCUT2D eigenvalue weighted by molar-refractivity contribution is 7.89. The van der Waals surface area contributed by atoms with Gasteiger partial charge in [0, 0.05) is 19.2 Å². The first kappa shape index (κ1) is 21.3. The molecule has 1 saturated heterocycles. The van der Waals surface area contributed by atoms with E-state index in [0.717, 1.165) is 0 Å². The Bertz CT molecular complexity index is 1130. The first-order valence-electron chi connectivity index (χ1n) is 9.87. The van der Waals surface area contributed by atoms with Crippen LogP contribution in [-0.4, -0.2) is 43.7 Å². The van der Waals surface area contributed by atoms with Crippen molar-refractivity contribution in [3.8, 4) is 5.75 Å². The predicted octanol–water partition coefficient (Wildman–Crippen LogP) is 1.93. The highest BCUT2D eigenvalue weighted by atomic mass is 32.2. The van der Waals surface area contributed by atoms with Gasteiger partial charge in [-0.25, -0.2) is 12.8 Å². The second kappa shape index (κ2) is 8.27. The topological polar surface area (TPSA) is 105 Å². The highest BCUT2D eigenvalue weighted by Gasteiger charge is 2.40. The van der Waals surface area contributed by atoms with Crippen molar-refractivity contribution in [1.29, 1.82) is 0 Å². The molecule has 164 valence electrons. The van der Waals surface area contributed by atoms with E-state index in [2.05, 4.69) is 10.6 Å². The van der Waals surface area contributed by atoms with E-state index < -0.39 is 22.0 Å². The lowest BCUT2D eigenvalue weighted by Gasteiger charge is -2.26. The molecule has 8 nitrogen and oxygen atoms in total. The summed E-state index contributed by atoms with van der Waals surface area (Å²) in [6, 6.07) is 7.85. The van der Waals surface area contributed by atoms with E-state index in [1.54, 1.807) is 25.1 Å². The molecule has 2 aliphatic rings. The zero-order chi connectivity index (χ0) is 22.2. The Morgan fingerprint density at radius 1 is 1.29 bits per heavy atom. The van der Waals surface area contributed by atoms with Crippen LogP contribution in [0.2, 0.25) is 0 Å². The average Bonchev–Trinajstić information content (AvgIpc) is 3.23. The number of hydrogen-bond donors (Lipinski definition) is 2. The fraction of sp³-hybridized carbons (Fsp3) is 0.333. The Kier molecular flexibility index (Phi) is 5.67. The van der Waals surface area contributed by atoms with Gasteiger partial charge in [-0.05, 0) is 49.1 Å². The Morgan fingerprint density at radius 2 is 2.03 bits per heavy atom. The third-order valence-electron chi connectivity index (χ3n) is 5.38. The maximum atomic E-state index is 13.4. The number of nitrogens with one attached hydrogen (secondary N) is 2. The van der Waals surface area contributed by atoms with Crippen molar-refractivity contribution in [1.82, 2.24) is 9.62 Å². The largest absolute Gasteiger partial charge is 0.482 e. The van der Waals surface area contributed by atoms with E-state index in [1.165, 1.54) is 22.5 Å². The molecular weight excluding hydrogens is 425 g/mol. The molecule has 2 aliphatic heterocycles. The van der Waals surface area contributed by atoms with Crippen LogP contribution in [0.3, 0.4) is 0 Å². The third-order valence-corrected chi connectivity index (χ3v) is 7.43. The molecule has 0 aliphatic carbocycles. The number of fused-ring (bicyclic) bond motifs is 1. The van der Waals surface area contributed by atoms with Crippen molar-refractivity contribution in [2.45, 2.75) is 37.2 Å².